The number of nitrogens with zero attached hydrogens (tertiary/aromatic N) is 2. The van der Waals surface area contributed by atoms with Crippen LogP contribution < -0.4 is 4.90 Å². The fourth-order valence-corrected chi connectivity index (χ4v) is 1.55. The first-order valence-corrected chi connectivity index (χ1v) is 4.15. The molecule has 0 fully saturated rings. The SMILES string of the molecule is C/C=C1\C(=O)N(C)c2ncccc21. The molecule has 3 heteroatoms. The molecule has 0 spiro atoms. The van der Waals surface area contributed by atoms with Crippen LogP contribution >= 0.6 is 0 Å². The minimum atomic E-state index is 0.0243. The molecule has 13 heavy (non-hydrogen) atoms. The van der Waals surface area contributed by atoms with E-state index in [4.69, 9.17) is 0 Å². The lowest BCUT2D eigenvalue weighted by molar-refractivity contribution is -0.112. The van der Waals surface area contributed by atoms with E-state index in [1.165, 1.54) is 0 Å². The number of carbonyl (C=O) groups excluding carboxylic acids is 1. The van der Waals surface area contributed by atoms with Crippen LogP contribution in [0.2, 0.25) is 0 Å². The number of aromatic nitrogens is 1. The molecular weight excluding hydrogens is 164 g/mol. The maximum absolute atomic E-state index is 11.6. The summed E-state index contributed by atoms with van der Waals surface area (Å²) in [5.41, 5.74) is 1.67. The van der Waals surface area contributed by atoms with Crippen LogP contribution in [0.5, 0.6) is 0 Å². The van der Waals surface area contributed by atoms with Crippen molar-refractivity contribution in [2.45, 2.75) is 6.92 Å². The highest BCUT2D eigenvalue weighted by atomic mass is 16.2. The van der Waals surface area contributed by atoms with Gasteiger partial charge >= 0.3 is 0 Å². The molecule has 0 unspecified atom stereocenters. The first kappa shape index (κ1) is 7.98. The Balaban J connectivity index is 2.67. The first-order chi connectivity index (χ1) is 6.25. The maximum Gasteiger partial charge on any atom is 0.259 e. The molecule has 0 radical (unpaired) electrons. The first-order valence-electron chi connectivity index (χ1n) is 4.15. The van der Waals surface area contributed by atoms with Crippen molar-refractivity contribution in [1.82, 2.24) is 4.98 Å². The molecule has 66 valence electrons. The van der Waals surface area contributed by atoms with E-state index in [1.54, 1.807) is 18.1 Å². The van der Waals surface area contributed by atoms with Crippen molar-refractivity contribution in [3.63, 3.8) is 0 Å². The van der Waals surface area contributed by atoms with Crippen molar-refractivity contribution in [2.75, 3.05) is 11.9 Å². The number of hydrogen-bond acceptors (Lipinski definition) is 2. The quantitative estimate of drug-likeness (QED) is 0.558. The van der Waals surface area contributed by atoms with Gasteiger partial charge < -0.3 is 0 Å². The number of fused-ring (bicyclic) bond motifs is 1. The highest BCUT2D eigenvalue weighted by molar-refractivity contribution is 6.31. The summed E-state index contributed by atoms with van der Waals surface area (Å²) in [6.07, 6.45) is 3.52. The van der Waals surface area contributed by atoms with Crippen LogP contribution in [0.25, 0.3) is 5.57 Å². The Morgan fingerprint density at radius 1 is 1.54 bits per heavy atom. The molecule has 1 amide bonds. The van der Waals surface area contributed by atoms with Crippen LogP contribution in [0, 0.1) is 0 Å². The van der Waals surface area contributed by atoms with E-state index in [2.05, 4.69) is 4.98 Å². The number of anilines is 1. The molecule has 0 N–H and O–H groups in total. The minimum Gasteiger partial charge on any atom is -0.295 e. The standard InChI is InChI=1S/C10H10N2O/c1-3-7-8-5-4-6-11-9(8)12(2)10(7)13/h3-6H,1-2H3/b7-3-. The third-order valence-electron chi connectivity index (χ3n) is 2.22. The lowest BCUT2D eigenvalue weighted by Crippen LogP contribution is -2.20. The van der Waals surface area contributed by atoms with Gasteiger partial charge in [0.1, 0.15) is 5.82 Å². The fourth-order valence-electron chi connectivity index (χ4n) is 1.55. The normalized spacial score (nSPS) is 18.2. The van der Waals surface area contributed by atoms with Crippen LogP contribution in [0.3, 0.4) is 0 Å². The van der Waals surface area contributed by atoms with E-state index in [0.29, 0.717) is 0 Å². The Bertz CT molecular complexity index is 396. The maximum atomic E-state index is 11.6. The Morgan fingerprint density at radius 2 is 2.31 bits per heavy atom. The smallest absolute Gasteiger partial charge is 0.259 e. The molecule has 0 bridgehead atoms. The zero-order chi connectivity index (χ0) is 9.42. The van der Waals surface area contributed by atoms with Gasteiger partial charge in [0.25, 0.3) is 5.91 Å². The van der Waals surface area contributed by atoms with E-state index in [-0.39, 0.29) is 5.91 Å². The summed E-state index contributed by atoms with van der Waals surface area (Å²) in [4.78, 5) is 17.3. The van der Waals surface area contributed by atoms with Gasteiger partial charge in [-0.15, -0.1) is 0 Å². The van der Waals surface area contributed by atoms with Crippen molar-refractivity contribution in [3.8, 4) is 0 Å². The molecule has 1 aromatic rings. The molecule has 0 aromatic carbocycles. The molecule has 1 aliphatic rings. The zero-order valence-corrected chi connectivity index (χ0v) is 7.61. The van der Waals surface area contributed by atoms with Crippen molar-refractivity contribution >= 4 is 17.3 Å². The van der Waals surface area contributed by atoms with E-state index < -0.39 is 0 Å². The highest BCUT2D eigenvalue weighted by Crippen LogP contribution is 2.32. The van der Waals surface area contributed by atoms with Gasteiger partial charge in [0.2, 0.25) is 0 Å². The molecule has 2 rings (SSSR count). The number of amides is 1. The molecule has 3 nitrogen and oxygen atoms in total. The summed E-state index contributed by atoms with van der Waals surface area (Å²) >= 11 is 0. The van der Waals surface area contributed by atoms with Gasteiger partial charge in [0.05, 0.1) is 0 Å². The van der Waals surface area contributed by atoms with E-state index in [1.807, 2.05) is 25.1 Å². The van der Waals surface area contributed by atoms with Gasteiger partial charge in [-0.2, -0.15) is 0 Å². The number of carbonyl (C=O) groups is 1. The Labute approximate surface area is 76.7 Å². The summed E-state index contributed by atoms with van der Waals surface area (Å²) in [6.45, 7) is 1.86. The average molecular weight is 174 g/mol. The largest absolute Gasteiger partial charge is 0.295 e. The predicted octanol–water partition coefficient (Wildman–Crippen LogP) is 1.46. The topological polar surface area (TPSA) is 33.2 Å². The second-order valence-corrected chi connectivity index (χ2v) is 2.94. The summed E-state index contributed by atoms with van der Waals surface area (Å²) in [5, 5.41) is 0. The molecule has 2 heterocycles. The van der Waals surface area contributed by atoms with Crippen molar-refractivity contribution < 1.29 is 4.79 Å². The van der Waals surface area contributed by atoms with Crippen LogP contribution in [0.15, 0.2) is 24.4 Å². The molecule has 0 saturated heterocycles. The molecule has 0 saturated carbocycles. The van der Waals surface area contributed by atoms with Crippen molar-refractivity contribution in [2.24, 2.45) is 0 Å². The molecule has 0 atom stereocenters. The number of hydrogen-bond donors (Lipinski definition) is 0. The molecule has 1 aliphatic heterocycles. The summed E-state index contributed by atoms with van der Waals surface area (Å²) < 4.78 is 0. The molecule has 1 aromatic heterocycles. The van der Waals surface area contributed by atoms with Crippen LogP contribution in [-0.2, 0) is 4.79 Å². The number of allylic oxidation sites excluding steroid dienone is 1. The Kier molecular flexibility index (Phi) is 1.65. The van der Waals surface area contributed by atoms with Crippen molar-refractivity contribution in [1.29, 1.82) is 0 Å². The van der Waals surface area contributed by atoms with Gasteiger partial charge in [-0.05, 0) is 19.1 Å². The monoisotopic (exact) mass is 174 g/mol. The van der Waals surface area contributed by atoms with Gasteiger partial charge in [0.15, 0.2) is 0 Å². The number of pyridine rings is 1. The lowest BCUT2D eigenvalue weighted by Gasteiger charge is -2.06. The number of likely N-dealkylation sites (N-methyl/N-ethyl adjacent to an activating group) is 1. The Morgan fingerprint density at radius 3 is 3.00 bits per heavy atom. The average Bonchev–Trinajstić information content (AvgIpc) is 2.41. The summed E-state index contributed by atoms with van der Waals surface area (Å²) in [5.74, 6) is 0.775. The van der Waals surface area contributed by atoms with E-state index in [0.717, 1.165) is 17.0 Å². The van der Waals surface area contributed by atoms with Gasteiger partial charge in [-0.25, -0.2) is 4.98 Å². The second-order valence-electron chi connectivity index (χ2n) is 2.94. The zero-order valence-electron chi connectivity index (χ0n) is 7.61. The summed E-state index contributed by atoms with van der Waals surface area (Å²) in [7, 11) is 1.74. The third kappa shape index (κ3) is 0.967. The third-order valence-corrected chi connectivity index (χ3v) is 2.22. The van der Waals surface area contributed by atoms with Gasteiger partial charge in [-0.3, -0.25) is 9.69 Å². The number of rotatable bonds is 0. The van der Waals surface area contributed by atoms with Gasteiger partial charge in [0, 0.05) is 24.4 Å². The van der Waals surface area contributed by atoms with E-state index in [9.17, 15) is 4.79 Å². The van der Waals surface area contributed by atoms with Crippen LogP contribution in [-0.4, -0.2) is 17.9 Å². The molecule has 0 aliphatic carbocycles. The van der Waals surface area contributed by atoms with E-state index >= 15 is 0 Å². The predicted molar refractivity (Wildman–Crippen MR) is 51.3 cm³/mol. The summed E-state index contributed by atoms with van der Waals surface area (Å²) in [6, 6.07) is 3.76. The van der Waals surface area contributed by atoms with Crippen LogP contribution in [0.1, 0.15) is 12.5 Å². The Hall–Kier alpha value is -1.64. The van der Waals surface area contributed by atoms with Gasteiger partial charge in [-0.1, -0.05) is 6.08 Å². The molecular formula is C10H10N2O. The highest BCUT2D eigenvalue weighted by Gasteiger charge is 2.29. The minimum absolute atomic E-state index is 0.0243. The second kappa shape index (κ2) is 2.69. The lowest BCUT2D eigenvalue weighted by atomic mass is 10.1. The van der Waals surface area contributed by atoms with Crippen LogP contribution in [0.4, 0.5) is 5.82 Å². The fraction of sp³-hybridized carbons (Fsp3) is 0.200. The van der Waals surface area contributed by atoms with Crippen molar-refractivity contribution in [3.05, 3.63) is 30.0 Å².